The Morgan fingerprint density at radius 1 is 1.25 bits per heavy atom. The Morgan fingerprint density at radius 2 is 1.69 bits per heavy atom. The molecule has 16 heavy (non-hydrogen) atoms. The van der Waals surface area contributed by atoms with E-state index in [4.69, 9.17) is 0 Å². The van der Waals surface area contributed by atoms with E-state index in [9.17, 15) is 8.42 Å². The number of aromatic nitrogens is 2. The first-order valence-electron chi connectivity index (χ1n) is 4.87. The minimum absolute atomic E-state index is 0.332. The van der Waals surface area contributed by atoms with Crippen molar-refractivity contribution in [3.63, 3.8) is 0 Å². The van der Waals surface area contributed by atoms with E-state index >= 15 is 0 Å². The predicted octanol–water partition coefficient (Wildman–Crippen LogP) is 2.51. The molecule has 6 heteroatoms. The third kappa shape index (κ3) is 2.60. The third-order valence-electron chi connectivity index (χ3n) is 2.32. The van der Waals surface area contributed by atoms with Crippen LogP contribution in [0.2, 0.25) is 0 Å². The number of rotatable bonds is 2. The molecule has 0 spiro atoms. The highest BCUT2D eigenvalue weighted by molar-refractivity contribution is 9.10. The zero-order valence-electron chi connectivity index (χ0n) is 9.73. The summed E-state index contributed by atoms with van der Waals surface area (Å²) in [4.78, 5) is 8.04. The molecule has 0 radical (unpaired) electrons. The van der Waals surface area contributed by atoms with Gasteiger partial charge in [-0.15, -0.1) is 0 Å². The molecule has 1 rings (SSSR count). The van der Waals surface area contributed by atoms with Gasteiger partial charge in [-0.2, -0.15) is 0 Å². The molecule has 1 atom stereocenters. The Labute approximate surface area is 105 Å². The summed E-state index contributed by atoms with van der Waals surface area (Å²) in [6.45, 7) is 6.65. The zero-order chi connectivity index (χ0) is 12.6. The summed E-state index contributed by atoms with van der Waals surface area (Å²) in [5.41, 5.74) is 0. The summed E-state index contributed by atoms with van der Waals surface area (Å²) in [6.07, 6.45) is 3.11. The van der Waals surface area contributed by atoms with Gasteiger partial charge in [0.25, 0.3) is 0 Å². The molecule has 0 saturated carbocycles. The van der Waals surface area contributed by atoms with Crippen molar-refractivity contribution >= 4 is 25.8 Å². The van der Waals surface area contributed by atoms with E-state index in [0.29, 0.717) is 5.82 Å². The van der Waals surface area contributed by atoms with E-state index in [0.717, 1.165) is 4.47 Å². The summed E-state index contributed by atoms with van der Waals surface area (Å²) in [5, 5.41) is -0.694. The van der Waals surface area contributed by atoms with Crippen LogP contribution in [0.3, 0.4) is 0 Å². The highest BCUT2D eigenvalue weighted by Gasteiger charge is 2.36. The van der Waals surface area contributed by atoms with Crippen molar-refractivity contribution in [2.45, 2.75) is 37.7 Å². The molecular formula is C10H15BrN2O2S. The van der Waals surface area contributed by atoms with Crippen molar-refractivity contribution < 1.29 is 8.42 Å². The number of sulfone groups is 1. The van der Waals surface area contributed by atoms with E-state index in [1.165, 1.54) is 0 Å². The van der Waals surface area contributed by atoms with Gasteiger partial charge in [0.05, 0.1) is 9.22 Å². The summed E-state index contributed by atoms with van der Waals surface area (Å²) < 4.78 is 24.2. The average molecular weight is 307 g/mol. The second-order valence-corrected chi connectivity index (χ2v) is 8.50. The molecule has 0 N–H and O–H groups in total. The molecule has 0 fully saturated rings. The van der Waals surface area contributed by atoms with Gasteiger partial charge >= 0.3 is 0 Å². The molecule has 0 unspecified atom stereocenters. The first-order chi connectivity index (χ1) is 7.16. The number of halogens is 1. The minimum atomic E-state index is -3.28. The Balaban J connectivity index is 3.13. The first-order valence-corrected chi connectivity index (χ1v) is 7.21. The second-order valence-electron chi connectivity index (χ2n) is 4.56. The number of hydrogen-bond donors (Lipinski definition) is 0. The van der Waals surface area contributed by atoms with E-state index < -0.39 is 19.8 Å². The average Bonchev–Trinajstić information content (AvgIpc) is 2.16. The molecule has 0 aliphatic carbocycles. The lowest BCUT2D eigenvalue weighted by atomic mass is 10.3. The fourth-order valence-electron chi connectivity index (χ4n) is 1.20. The Bertz CT molecular complexity index is 463. The van der Waals surface area contributed by atoms with Crippen LogP contribution >= 0.6 is 15.9 Å². The molecule has 0 bridgehead atoms. The molecule has 0 aliphatic heterocycles. The molecule has 0 saturated heterocycles. The van der Waals surface area contributed by atoms with Crippen LogP contribution in [0.1, 0.15) is 38.8 Å². The van der Waals surface area contributed by atoms with Gasteiger partial charge in [-0.1, -0.05) is 0 Å². The third-order valence-corrected chi connectivity index (χ3v) is 5.58. The van der Waals surface area contributed by atoms with E-state index in [1.54, 1.807) is 40.1 Å². The van der Waals surface area contributed by atoms with Gasteiger partial charge in [0.1, 0.15) is 11.1 Å². The maximum Gasteiger partial charge on any atom is 0.165 e. The topological polar surface area (TPSA) is 59.9 Å². The van der Waals surface area contributed by atoms with Crippen LogP contribution in [0.5, 0.6) is 0 Å². The monoisotopic (exact) mass is 306 g/mol. The summed E-state index contributed by atoms with van der Waals surface area (Å²) >= 11 is 3.21. The van der Waals surface area contributed by atoms with Crippen LogP contribution in [0.4, 0.5) is 0 Å². The largest absolute Gasteiger partial charge is 0.239 e. The van der Waals surface area contributed by atoms with E-state index in [2.05, 4.69) is 25.9 Å². The van der Waals surface area contributed by atoms with Crippen molar-refractivity contribution in [1.29, 1.82) is 0 Å². The van der Waals surface area contributed by atoms with Crippen LogP contribution in [0.15, 0.2) is 16.9 Å². The zero-order valence-corrected chi connectivity index (χ0v) is 12.1. The molecule has 0 aromatic carbocycles. The Hall–Kier alpha value is -0.490. The SMILES string of the molecule is C[C@H](c1ncc(Br)cn1)S(=O)(=O)C(C)(C)C. The lowest BCUT2D eigenvalue weighted by Gasteiger charge is -2.23. The summed E-state index contributed by atoms with van der Waals surface area (Å²) in [5.74, 6) is 0.332. The minimum Gasteiger partial charge on any atom is -0.239 e. The highest BCUT2D eigenvalue weighted by atomic mass is 79.9. The van der Waals surface area contributed by atoms with Gasteiger partial charge in [0, 0.05) is 12.4 Å². The molecule has 90 valence electrons. The van der Waals surface area contributed by atoms with Crippen LogP contribution in [-0.2, 0) is 9.84 Å². The molecule has 1 aromatic heterocycles. The summed E-state index contributed by atoms with van der Waals surface area (Å²) in [7, 11) is -3.28. The molecule has 1 heterocycles. The van der Waals surface area contributed by atoms with Crippen LogP contribution in [0.25, 0.3) is 0 Å². The Morgan fingerprint density at radius 3 is 2.06 bits per heavy atom. The Kier molecular flexibility index (Phi) is 3.74. The van der Waals surface area contributed by atoms with Crippen LogP contribution < -0.4 is 0 Å². The van der Waals surface area contributed by atoms with Gasteiger partial charge in [-0.05, 0) is 43.6 Å². The van der Waals surface area contributed by atoms with Gasteiger partial charge < -0.3 is 0 Å². The number of nitrogens with zero attached hydrogens (tertiary/aromatic N) is 2. The van der Waals surface area contributed by atoms with Crippen molar-refractivity contribution in [3.8, 4) is 0 Å². The van der Waals surface area contributed by atoms with Crippen molar-refractivity contribution in [1.82, 2.24) is 9.97 Å². The first kappa shape index (κ1) is 13.6. The second kappa shape index (κ2) is 4.41. The van der Waals surface area contributed by atoms with Crippen molar-refractivity contribution in [2.24, 2.45) is 0 Å². The van der Waals surface area contributed by atoms with Gasteiger partial charge in [-0.25, -0.2) is 18.4 Å². The maximum absolute atomic E-state index is 12.1. The van der Waals surface area contributed by atoms with Gasteiger partial charge in [0.15, 0.2) is 9.84 Å². The fourth-order valence-corrected chi connectivity index (χ4v) is 2.87. The standard InChI is InChI=1S/C10H15BrN2O2S/c1-7(16(14,15)10(2,3)4)9-12-5-8(11)6-13-9/h5-7H,1-4H3/t7-/m1/s1. The quantitative estimate of drug-likeness (QED) is 0.842. The molecule has 1 aromatic rings. The molecule has 4 nitrogen and oxygen atoms in total. The van der Waals surface area contributed by atoms with E-state index in [1.807, 2.05) is 0 Å². The van der Waals surface area contributed by atoms with Gasteiger partial charge in [0.2, 0.25) is 0 Å². The lowest BCUT2D eigenvalue weighted by molar-refractivity contribution is 0.546. The fraction of sp³-hybridized carbons (Fsp3) is 0.600. The van der Waals surface area contributed by atoms with Gasteiger partial charge in [-0.3, -0.25) is 0 Å². The van der Waals surface area contributed by atoms with Crippen LogP contribution in [-0.4, -0.2) is 23.1 Å². The molecule has 0 amide bonds. The molecular weight excluding hydrogens is 292 g/mol. The highest BCUT2D eigenvalue weighted by Crippen LogP contribution is 2.29. The summed E-state index contributed by atoms with van der Waals surface area (Å²) in [6, 6.07) is 0. The normalized spacial score (nSPS) is 14.8. The van der Waals surface area contributed by atoms with E-state index in [-0.39, 0.29) is 0 Å². The smallest absolute Gasteiger partial charge is 0.165 e. The van der Waals surface area contributed by atoms with Crippen molar-refractivity contribution in [3.05, 3.63) is 22.7 Å². The lowest BCUT2D eigenvalue weighted by Crippen LogP contribution is -2.32. The van der Waals surface area contributed by atoms with Crippen molar-refractivity contribution in [2.75, 3.05) is 0 Å². The molecule has 0 aliphatic rings. The number of hydrogen-bond acceptors (Lipinski definition) is 4. The van der Waals surface area contributed by atoms with Crippen LogP contribution in [0, 0.1) is 0 Å². The maximum atomic E-state index is 12.1. The predicted molar refractivity (Wildman–Crippen MR) is 66.8 cm³/mol.